The summed E-state index contributed by atoms with van der Waals surface area (Å²) in [6.07, 6.45) is -0.322. The van der Waals surface area contributed by atoms with E-state index in [1.54, 1.807) is 6.92 Å². The Labute approximate surface area is 108 Å². The van der Waals surface area contributed by atoms with Crippen molar-refractivity contribution in [2.24, 2.45) is 5.92 Å². The second-order valence-corrected chi connectivity index (χ2v) is 5.00. The Balaban J connectivity index is 2.51. The van der Waals surface area contributed by atoms with Gasteiger partial charge < -0.3 is 4.74 Å². The molecule has 1 saturated heterocycles. The van der Waals surface area contributed by atoms with Gasteiger partial charge in [-0.15, -0.1) is 0 Å². The van der Waals surface area contributed by atoms with Crippen molar-refractivity contribution in [3.8, 4) is 0 Å². The maximum Gasteiger partial charge on any atom is 0.330 e. The minimum atomic E-state index is -2.14. The fourth-order valence-electron chi connectivity index (χ4n) is 2.37. The second kappa shape index (κ2) is 4.26. The highest BCUT2D eigenvalue weighted by atomic mass is 19.2. The van der Waals surface area contributed by atoms with Crippen LogP contribution in [-0.2, 0) is 4.74 Å². The van der Waals surface area contributed by atoms with E-state index in [0.717, 1.165) is 16.8 Å². The first-order valence-corrected chi connectivity index (χ1v) is 6.09. The molecule has 1 aliphatic rings. The summed E-state index contributed by atoms with van der Waals surface area (Å²) in [5, 5.41) is 0. The lowest BCUT2D eigenvalue weighted by Gasteiger charge is -2.25. The van der Waals surface area contributed by atoms with Crippen LogP contribution >= 0.6 is 0 Å². The summed E-state index contributed by atoms with van der Waals surface area (Å²) in [7, 11) is 0. The van der Waals surface area contributed by atoms with Crippen LogP contribution in [0.2, 0.25) is 0 Å². The molecule has 2 rings (SSSR count). The van der Waals surface area contributed by atoms with Gasteiger partial charge in [0, 0.05) is 18.7 Å². The van der Waals surface area contributed by atoms with Gasteiger partial charge in [0.25, 0.3) is 5.56 Å². The quantitative estimate of drug-likeness (QED) is 0.889. The molecular weight excluding hydrogens is 258 g/mol. The van der Waals surface area contributed by atoms with Crippen molar-refractivity contribution < 1.29 is 13.5 Å². The molecule has 0 radical (unpaired) electrons. The van der Waals surface area contributed by atoms with Gasteiger partial charge in [-0.1, -0.05) is 13.8 Å². The first kappa shape index (κ1) is 13.9. The standard InChI is InChI=1S/C12H16F2N2O3/c1-4-12(14)7(2)11(3,13)9(19-12)16-6-5-8(17)15-10(16)18/h5-7,9H,4H2,1-3H3,(H,15,17,18)/t7-,9+,11+,12+/m0/s1. The third-order valence-corrected chi connectivity index (χ3v) is 3.87. The lowest BCUT2D eigenvalue weighted by Crippen LogP contribution is -2.40. The third kappa shape index (κ3) is 2.01. The van der Waals surface area contributed by atoms with Crippen molar-refractivity contribution in [1.29, 1.82) is 0 Å². The van der Waals surface area contributed by atoms with Crippen LogP contribution < -0.4 is 11.2 Å². The molecule has 106 valence electrons. The van der Waals surface area contributed by atoms with Crippen LogP contribution in [0, 0.1) is 5.92 Å². The highest BCUT2D eigenvalue weighted by molar-refractivity contribution is 5.01. The highest BCUT2D eigenvalue weighted by Gasteiger charge is 2.61. The molecule has 0 unspecified atom stereocenters. The summed E-state index contributed by atoms with van der Waals surface area (Å²) in [6, 6.07) is 1.07. The Morgan fingerprint density at radius 1 is 1.47 bits per heavy atom. The molecule has 5 nitrogen and oxygen atoms in total. The van der Waals surface area contributed by atoms with Crippen LogP contribution in [0.3, 0.4) is 0 Å². The van der Waals surface area contributed by atoms with Gasteiger partial charge in [0.1, 0.15) is 0 Å². The number of rotatable bonds is 2. The summed E-state index contributed by atoms with van der Waals surface area (Å²) in [5.41, 5.74) is -3.49. The van der Waals surface area contributed by atoms with E-state index >= 15 is 0 Å². The van der Waals surface area contributed by atoms with Gasteiger partial charge in [0.15, 0.2) is 11.9 Å². The van der Waals surface area contributed by atoms with Gasteiger partial charge >= 0.3 is 5.69 Å². The third-order valence-electron chi connectivity index (χ3n) is 3.87. The molecule has 0 aliphatic carbocycles. The van der Waals surface area contributed by atoms with E-state index in [-0.39, 0.29) is 6.42 Å². The van der Waals surface area contributed by atoms with Crippen molar-refractivity contribution in [3.63, 3.8) is 0 Å². The average molecular weight is 274 g/mol. The predicted molar refractivity (Wildman–Crippen MR) is 64.3 cm³/mol. The summed E-state index contributed by atoms with van der Waals surface area (Å²) >= 11 is 0. The molecule has 1 aromatic rings. The van der Waals surface area contributed by atoms with Crippen LogP contribution in [0.1, 0.15) is 33.4 Å². The Kier molecular flexibility index (Phi) is 3.12. The van der Waals surface area contributed by atoms with E-state index < -0.39 is 34.9 Å². The lowest BCUT2D eigenvalue weighted by molar-refractivity contribution is -0.174. The van der Waals surface area contributed by atoms with E-state index in [1.807, 2.05) is 4.98 Å². The number of aromatic nitrogens is 2. The Morgan fingerprint density at radius 2 is 2.11 bits per heavy atom. The van der Waals surface area contributed by atoms with Crippen molar-refractivity contribution in [2.75, 3.05) is 0 Å². The molecule has 0 saturated carbocycles. The molecule has 0 bridgehead atoms. The molecule has 1 aliphatic heterocycles. The van der Waals surface area contributed by atoms with Crippen LogP contribution in [0.25, 0.3) is 0 Å². The van der Waals surface area contributed by atoms with E-state index in [0.29, 0.717) is 0 Å². The topological polar surface area (TPSA) is 64.1 Å². The number of nitrogens with one attached hydrogen (secondary N) is 1. The molecule has 2 heterocycles. The minimum absolute atomic E-state index is 0.0255. The summed E-state index contributed by atoms with van der Waals surface area (Å²) < 4.78 is 35.1. The number of halogens is 2. The number of nitrogens with zero attached hydrogens (tertiary/aromatic N) is 1. The van der Waals surface area contributed by atoms with Crippen LogP contribution in [0.4, 0.5) is 8.78 Å². The van der Waals surface area contributed by atoms with Gasteiger partial charge in [0.05, 0.1) is 5.92 Å². The smallest absolute Gasteiger partial charge is 0.318 e. The van der Waals surface area contributed by atoms with E-state index in [1.165, 1.54) is 13.8 Å². The van der Waals surface area contributed by atoms with Crippen molar-refractivity contribution in [1.82, 2.24) is 9.55 Å². The number of aromatic amines is 1. The second-order valence-electron chi connectivity index (χ2n) is 5.00. The predicted octanol–water partition coefficient (Wildman–Crippen LogP) is 1.51. The lowest BCUT2D eigenvalue weighted by atomic mass is 9.87. The Bertz CT molecular complexity index is 595. The van der Waals surface area contributed by atoms with E-state index in [2.05, 4.69) is 0 Å². The zero-order valence-electron chi connectivity index (χ0n) is 10.9. The largest absolute Gasteiger partial charge is 0.330 e. The van der Waals surface area contributed by atoms with Gasteiger partial charge in [-0.3, -0.25) is 14.3 Å². The zero-order valence-corrected chi connectivity index (χ0v) is 10.9. The summed E-state index contributed by atoms with van der Waals surface area (Å²) in [6.45, 7) is 4.14. The average Bonchev–Trinajstić information content (AvgIpc) is 2.51. The molecular formula is C12H16F2N2O3. The monoisotopic (exact) mass is 274 g/mol. The molecule has 19 heavy (non-hydrogen) atoms. The van der Waals surface area contributed by atoms with E-state index in [9.17, 15) is 18.4 Å². The number of hydrogen-bond acceptors (Lipinski definition) is 3. The van der Waals surface area contributed by atoms with Gasteiger partial charge in [0.2, 0.25) is 5.85 Å². The Hall–Kier alpha value is -1.50. The maximum absolute atomic E-state index is 14.7. The van der Waals surface area contributed by atoms with Crippen LogP contribution in [-0.4, -0.2) is 21.1 Å². The highest BCUT2D eigenvalue weighted by Crippen LogP contribution is 2.52. The fourth-order valence-corrected chi connectivity index (χ4v) is 2.37. The molecule has 0 spiro atoms. The molecule has 0 amide bonds. The van der Waals surface area contributed by atoms with Crippen LogP contribution in [0.15, 0.2) is 21.9 Å². The number of ether oxygens (including phenoxy) is 1. The van der Waals surface area contributed by atoms with Gasteiger partial charge in [-0.25, -0.2) is 13.6 Å². The molecule has 1 N–H and O–H groups in total. The van der Waals surface area contributed by atoms with Crippen molar-refractivity contribution in [3.05, 3.63) is 33.1 Å². The molecule has 7 heteroatoms. The Morgan fingerprint density at radius 3 is 2.58 bits per heavy atom. The SMILES string of the molecule is CC[C@@]1(F)O[C@@H](n2ccc(=O)[nH]c2=O)[C@](C)(F)[C@@H]1C. The summed E-state index contributed by atoms with van der Waals surface area (Å²) in [5.74, 6) is -3.17. The summed E-state index contributed by atoms with van der Waals surface area (Å²) in [4.78, 5) is 24.6. The van der Waals surface area contributed by atoms with Gasteiger partial charge in [-0.2, -0.15) is 0 Å². The molecule has 1 fully saturated rings. The molecule has 0 aromatic carbocycles. The molecule has 4 atom stereocenters. The minimum Gasteiger partial charge on any atom is -0.318 e. The van der Waals surface area contributed by atoms with Crippen LogP contribution in [0.5, 0.6) is 0 Å². The number of alkyl halides is 2. The fraction of sp³-hybridized carbons (Fsp3) is 0.667. The first-order chi connectivity index (χ1) is 8.72. The maximum atomic E-state index is 14.7. The van der Waals surface area contributed by atoms with Crippen molar-refractivity contribution >= 4 is 0 Å². The number of H-pyrrole nitrogens is 1. The van der Waals surface area contributed by atoms with Crippen molar-refractivity contribution in [2.45, 2.75) is 44.9 Å². The first-order valence-electron chi connectivity index (χ1n) is 6.09. The normalized spacial score (nSPS) is 38.6. The zero-order chi connectivity index (χ0) is 14.4. The van der Waals surface area contributed by atoms with E-state index in [4.69, 9.17) is 4.74 Å². The molecule has 1 aromatic heterocycles. The van der Waals surface area contributed by atoms with Gasteiger partial charge in [-0.05, 0) is 6.92 Å². The number of hydrogen-bond donors (Lipinski definition) is 1.